The van der Waals surface area contributed by atoms with E-state index < -0.39 is 17.9 Å². The molecule has 2 fully saturated rings. The average molecular weight is 589 g/mol. The molecule has 0 radical (unpaired) electrons. The van der Waals surface area contributed by atoms with Crippen molar-refractivity contribution in [3.8, 4) is 0 Å². The number of carbonyl (C=O) groups excluding carboxylic acids is 2. The van der Waals surface area contributed by atoms with Gasteiger partial charge in [-0.15, -0.1) is 0 Å². The first-order chi connectivity index (χ1) is 20.8. The molecule has 1 aromatic heterocycles. The second-order valence-corrected chi connectivity index (χ2v) is 10.9. The number of carboxylic acid groups (broad SMARTS) is 1. The minimum Gasteiger partial charge on any atom is -0.481 e. The Balaban J connectivity index is 0.000000185. The fourth-order valence-corrected chi connectivity index (χ4v) is 5.00. The second kappa shape index (κ2) is 17.7. The van der Waals surface area contributed by atoms with Crippen molar-refractivity contribution in [1.29, 1.82) is 0 Å². The molecule has 1 saturated heterocycles. The number of hydrogen-bond donors (Lipinski definition) is 4. The lowest BCUT2D eigenvalue weighted by Gasteiger charge is -2.22. The number of aliphatic carboxylic acids is 1. The van der Waals surface area contributed by atoms with Gasteiger partial charge in [0, 0.05) is 24.7 Å². The number of nitrogens with zero attached hydrogens (tertiary/aromatic N) is 1. The molecule has 3 atom stereocenters. The highest BCUT2D eigenvalue weighted by atomic mass is 16.4. The summed E-state index contributed by atoms with van der Waals surface area (Å²) in [7, 11) is 0. The molecule has 9 nitrogen and oxygen atoms in total. The fraction of sp³-hybridized carbons (Fsp3) is 0.412. The molecule has 230 valence electrons. The average Bonchev–Trinajstić information content (AvgIpc) is 3.62. The Kier molecular flexibility index (Phi) is 13.7. The lowest BCUT2D eigenvalue weighted by molar-refractivity contribution is -0.138. The van der Waals surface area contributed by atoms with Gasteiger partial charge in [0.15, 0.2) is 0 Å². The molecule has 2 heterocycles. The van der Waals surface area contributed by atoms with Crippen LogP contribution in [-0.2, 0) is 20.9 Å². The number of carboxylic acids is 1. The van der Waals surface area contributed by atoms with Gasteiger partial charge in [0.1, 0.15) is 6.04 Å². The minimum atomic E-state index is -0.636. The number of unbranched alkanes of at least 4 members (excludes halogenated alkanes) is 3. The van der Waals surface area contributed by atoms with Gasteiger partial charge in [-0.25, -0.2) is 0 Å². The first-order valence-corrected chi connectivity index (χ1v) is 15.1. The Morgan fingerprint density at radius 1 is 1.07 bits per heavy atom. The standard InChI is InChI=1S/C14H19N3O2.C11H18O2.C9H7NO/c15-14(19)12-7-4-8-17(12)13(18)10-16-9-11-5-2-1-3-6-11;1-2-3-4-5-6-7-9-8-10(9)11(12)13;11-9-8-4-2-1-3-7(8)5-6-10-9/h1-3,5-6,12,16H,4,7-10H2,(H2,15,19);6-7,9-10H,2-5,8H2,1H3,(H,12,13);1-6H,(H,10,11)/b;7-6-;. The number of carbonyl (C=O) groups is 3. The molecule has 2 aliphatic rings. The van der Waals surface area contributed by atoms with Crippen molar-refractivity contribution in [3.63, 3.8) is 0 Å². The number of benzene rings is 2. The Morgan fingerprint density at radius 2 is 1.81 bits per heavy atom. The maximum absolute atomic E-state index is 12.0. The van der Waals surface area contributed by atoms with Crippen LogP contribution in [-0.4, -0.2) is 51.9 Å². The summed E-state index contributed by atoms with van der Waals surface area (Å²) < 4.78 is 0. The van der Waals surface area contributed by atoms with Gasteiger partial charge in [-0.05, 0) is 61.1 Å². The predicted molar refractivity (Wildman–Crippen MR) is 169 cm³/mol. The zero-order valence-corrected chi connectivity index (χ0v) is 24.9. The molecule has 1 saturated carbocycles. The Hall–Kier alpha value is -4.24. The van der Waals surface area contributed by atoms with E-state index in [4.69, 9.17) is 10.8 Å². The Labute approximate surface area is 253 Å². The highest BCUT2D eigenvalue weighted by Gasteiger charge is 2.40. The molecule has 5 N–H and O–H groups in total. The number of fused-ring (bicyclic) bond motifs is 1. The lowest BCUT2D eigenvalue weighted by Crippen LogP contribution is -2.46. The maximum Gasteiger partial charge on any atom is 0.307 e. The number of nitrogens with two attached hydrogens (primary N) is 1. The van der Waals surface area contributed by atoms with E-state index in [0.29, 0.717) is 25.4 Å². The summed E-state index contributed by atoms with van der Waals surface area (Å²) >= 11 is 0. The van der Waals surface area contributed by atoms with Gasteiger partial charge < -0.3 is 26.0 Å². The molecule has 0 spiro atoms. The number of primary amides is 1. The number of nitrogens with one attached hydrogen (secondary N) is 2. The van der Waals surface area contributed by atoms with Gasteiger partial charge in [0.05, 0.1) is 12.5 Å². The number of aromatic nitrogens is 1. The third-order valence-corrected chi connectivity index (χ3v) is 7.55. The summed E-state index contributed by atoms with van der Waals surface area (Å²) in [4.78, 5) is 49.0. The number of aromatic amines is 1. The van der Waals surface area contributed by atoms with Crippen molar-refractivity contribution >= 4 is 28.6 Å². The van der Waals surface area contributed by atoms with Crippen LogP contribution in [0, 0.1) is 11.8 Å². The number of hydrogen-bond acceptors (Lipinski definition) is 5. The third-order valence-electron chi connectivity index (χ3n) is 7.55. The van der Waals surface area contributed by atoms with Crippen molar-refractivity contribution < 1.29 is 19.5 Å². The summed E-state index contributed by atoms with van der Waals surface area (Å²) in [5, 5.41) is 13.5. The zero-order chi connectivity index (χ0) is 31.0. The van der Waals surface area contributed by atoms with Crippen LogP contribution >= 0.6 is 0 Å². The molecule has 3 unspecified atom stereocenters. The molecule has 3 aromatic rings. The first kappa shape index (κ1) is 33.3. The number of pyridine rings is 1. The van der Waals surface area contributed by atoms with Crippen molar-refractivity contribution in [3.05, 3.63) is 94.9 Å². The van der Waals surface area contributed by atoms with Crippen LogP contribution in [0.15, 0.2) is 83.8 Å². The molecule has 2 amide bonds. The second-order valence-electron chi connectivity index (χ2n) is 10.9. The largest absolute Gasteiger partial charge is 0.481 e. The monoisotopic (exact) mass is 588 g/mol. The summed E-state index contributed by atoms with van der Waals surface area (Å²) in [5.41, 5.74) is 6.40. The van der Waals surface area contributed by atoms with Crippen molar-refractivity contribution in [1.82, 2.24) is 15.2 Å². The smallest absolute Gasteiger partial charge is 0.307 e. The van der Waals surface area contributed by atoms with E-state index in [0.717, 1.165) is 35.6 Å². The van der Waals surface area contributed by atoms with Gasteiger partial charge in [-0.2, -0.15) is 0 Å². The van der Waals surface area contributed by atoms with E-state index in [2.05, 4.69) is 29.4 Å². The van der Waals surface area contributed by atoms with Crippen molar-refractivity contribution in [2.24, 2.45) is 17.6 Å². The van der Waals surface area contributed by atoms with Crippen LogP contribution < -0.4 is 16.6 Å². The van der Waals surface area contributed by atoms with E-state index >= 15 is 0 Å². The van der Waals surface area contributed by atoms with Gasteiger partial charge in [0.25, 0.3) is 5.56 Å². The fourth-order valence-electron chi connectivity index (χ4n) is 5.00. The quantitative estimate of drug-likeness (QED) is 0.190. The first-order valence-electron chi connectivity index (χ1n) is 15.1. The van der Waals surface area contributed by atoms with Gasteiger partial charge in [0.2, 0.25) is 11.8 Å². The van der Waals surface area contributed by atoms with Crippen LogP contribution in [0.1, 0.15) is 57.4 Å². The topological polar surface area (TPSA) is 146 Å². The summed E-state index contributed by atoms with van der Waals surface area (Å²) in [6.45, 7) is 3.69. The highest BCUT2D eigenvalue weighted by molar-refractivity contribution is 5.88. The third kappa shape index (κ3) is 11.2. The van der Waals surface area contributed by atoms with Crippen molar-refractivity contribution in [2.45, 2.75) is 64.5 Å². The predicted octanol–water partition coefficient (Wildman–Crippen LogP) is 4.62. The van der Waals surface area contributed by atoms with Crippen LogP contribution in [0.4, 0.5) is 0 Å². The molecule has 1 aliphatic heterocycles. The van der Waals surface area contributed by atoms with Crippen LogP contribution in [0.2, 0.25) is 0 Å². The summed E-state index contributed by atoms with van der Waals surface area (Å²) in [5.74, 6) is -0.851. The van der Waals surface area contributed by atoms with Crippen molar-refractivity contribution in [2.75, 3.05) is 13.1 Å². The summed E-state index contributed by atoms with van der Waals surface area (Å²) in [6.07, 6.45) is 13.1. The van der Waals surface area contributed by atoms with E-state index in [-0.39, 0.29) is 23.9 Å². The van der Waals surface area contributed by atoms with Gasteiger partial charge in [-0.3, -0.25) is 19.2 Å². The number of rotatable bonds is 11. The molecular formula is C34H44N4O5. The molecule has 43 heavy (non-hydrogen) atoms. The Bertz CT molecular complexity index is 1400. The molecule has 9 heteroatoms. The van der Waals surface area contributed by atoms with E-state index in [1.54, 1.807) is 11.1 Å². The minimum absolute atomic E-state index is 0.0249. The molecule has 5 rings (SSSR count). The van der Waals surface area contributed by atoms with Crippen LogP contribution in [0.25, 0.3) is 10.8 Å². The Morgan fingerprint density at radius 3 is 2.49 bits per heavy atom. The van der Waals surface area contributed by atoms with Gasteiger partial charge in [-0.1, -0.05) is 80.4 Å². The number of allylic oxidation sites excluding steroid dienone is 2. The SMILES string of the molecule is CCCCC/C=C\C1CC1C(=O)O.NC(=O)C1CCCN1C(=O)CNCc1ccccc1.O=c1[nH]ccc2ccccc12. The van der Waals surface area contributed by atoms with E-state index in [1.165, 1.54) is 19.3 Å². The molecular weight excluding hydrogens is 544 g/mol. The molecule has 2 aromatic carbocycles. The lowest BCUT2D eigenvalue weighted by atomic mass is 10.2. The summed E-state index contributed by atoms with van der Waals surface area (Å²) in [6, 6.07) is 18.8. The maximum atomic E-state index is 12.0. The highest BCUT2D eigenvalue weighted by Crippen LogP contribution is 2.39. The van der Waals surface area contributed by atoms with Crippen LogP contribution in [0.5, 0.6) is 0 Å². The van der Waals surface area contributed by atoms with Crippen LogP contribution in [0.3, 0.4) is 0 Å². The molecule has 0 bridgehead atoms. The number of H-pyrrole nitrogens is 1. The number of amides is 2. The van der Waals surface area contributed by atoms with E-state index in [1.807, 2.05) is 60.7 Å². The zero-order valence-electron chi connectivity index (χ0n) is 24.9. The normalized spacial score (nSPS) is 18.8. The van der Waals surface area contributed by atoms with E-state index in [9.17, 15) is 19.2 Å². The number of likely N-dealkylation sites (tertiary alicyclic amines) is 1. The molecule has 1 aliphatic carbocycles. The van der Waals surface area contributed by atoms with Gasteiger partial charge >= 0.3 is 5.97 Å².